The Bertz CT molecular complexity index is 417. The Hall–Kier alpha value is -0.120. The summed E-state index contributed by atoms with van der Waals surface area (Å²) in [5.74, 6) is 1.70. The van der Waals surface area contributed by atoms with Crippen LogP contribution < -0.4 is 0 Å². The van der Waals surface area contributed by atoms with Gasteiger partial charge in [0.15, 0.2) is 0 Å². The van der Waals surface area contributed by atoms with Crippen LogP contribution in [0.4, 0.5) is 0 Å². The molecule has 0 radical (unpaired) electrons. The fourth-order valence-electron chi connectivity index (χ4n) is 5.39. The summed E-state index contributed by atoms with van der Waals surface area (Å²) in [6.45, 7) is 22.6. The van der Waals surface area contributed by atoms with E-state index in [1.165, 1.54) is 65.0 Å². The molecule has 0 aromatic carbocycles. The number of rotatable bonds is 5. The molecule has 0 aromatic heterocycles. The highest BCUT2D eigenvalue weighted by Gasteiger charge is 2.46. The highest BCUT2D eigenvalue weighted by molar-refractivity contribution is 5.01. The molecule has 0 saturated carbocycles. The first kappa shape index (κ1) is 18.7. The number of hydrogen-bond donors (Lipinski definition) is 0. The zero-order valence-electron chi connectivity index (χ0n) is 17.1. The van der Waals surface area contributed by atoms with Crippen LogP contribution in [0.5, 0.6) is 0 Å². The van der Waals surface area contributed by atoms with E-state index in [0.29, 0.717) is 17.1 Å². The van der Waals surface area contributed by atoms with Gasteiger partial charge < -0.3 is 4.90 Å². The molecule has 3 fully saturated rings. The topological polar surface area (TPSA) is 9.72 Å². The van der Waals surface area contributed by atoms with Gasteiger partial charge in [0.1, 0.15) is 0 Å². The third-order valence-electron chi connectivity index (χ3n) is 7.93. The zero-order chi connectivity index (χ0) is 17.5. The molecule has 0 amide bonds. The molecule has 0 spiro atoms. The Morgan fingerprint density at radius 1 is 0.708 bits per heavy atom. The van der Waals surface area contributed by atoms with Crippen LogP contribution in [0, 0.1) is 11.8 Å². The number of likely N-dealkylation sites (tertiary alicyclic amines) is 3. The number of nitrogens with zero attached hydrogens (tertiary/aromatic N) is 3. The van der Waals surface area contributed by atoms with Crippen LogP contribution in [0.25, 0.3) is 0 Å². The summed E-state index contributed by atoms with van der Waals surface area (Å²) in [6.07, 6.45) is 5.54. The van der Waals surface area contributed by atoms with Crippen LogP contribution in [0.3, 0.4) is 0 Å². The Morgan fingerprint density at radius 2 is 1.25 bits per heavy atom. The minimum Gasteiger partial charge on any atom is -0.301 e. The molecule has 140 valence electrons. The van der Waals surface area contributed by atoms with Crippen molar-refractivity contribution in [1.29, 1.82) is 0 Å². The van der Waals surface area contributed by atoms with Crippen LogP contribution >= 0.6 is 0 Å². The van der Waals surface area contributed by atoms with E-state index in [1.807, 2.05) is 0 Å². The summed E-state index contributed by atoms with van der Waals surface area (Å²) in [5.41, 5.74) is 0.757. The monoisotopic (exact) mass is 335 g/mol. The average molecular weight is 336 g/mol. The molecule has 3 heterocycles. The summed E-state index contributed by atoms with van der Waals surface area (Å²) in [4.78, 5) is 8.22. The summed E-state index contributed by atoms with van der Waals surface area (Å²) in [7, 11) is 0. The predicted molar refractivity (Wildman–Crippen MR) is 103 cm³/mol. The molecule has 3 heteroatoms. The molecule has 3 aliphatic rings. The van der Waals surface area contributed by atoms with Gasteiger partial charge in [0.2, 0.25) is 0 Å². The summed E-state index contributed by atoms with van der Waals surface area (Å²) >= 11 is 0. The largest absolute Gasteiger partial charge is 0.301 e. The van der Waals surface area contributed by atoms with E-state index in [4.69, 9.17) is 0 Å². The van der Waals surface area contributed by atoms with Crippen molar-refractivity contribution in [3.63, 3.8) is 0 Å². The van der Waals surface area contributed by atoms with E-state index >= 15 is 0 Å². The Labute approximate surface area is 150 Å². The van der Waals surface area contributed by atoms with Gasteiger partial charge in [-0.3, -0.25) is 9.80 Å². The maximum Gasteiger partial charge on any atom is 0.0194 e. The van der Waals surface area contributed by atoms with Crippen molar-refractivity contribution in [3.8, 4) is 0 Å². The Kier molecular flexibility index (Phi) is 5.36. The number of piperidine rings is 1. The Morgan fingerprint density at radius 3 is 1.75 bits per heavy atom. The van der Waals surface area contributed by atoms with Crippen molar-refractivity contribution >= 4 is 0 Å². The van der Waals surface area contributed by atoms with Gasteiger partial charge in [-0.25, -0.2) is 0 Å². The molecular formula is C21H41N3. The lowest BCUT2D eigenvalue weighted by Gasteiger charge is -2.49. The third kappa shape index (κ3) is 3.41. The van der Waals surface area contributed by atoms with Gasteiger partial charge in [-0.15, -0.1) is 0 Å². The van der Waals surface area contributed by atoms with E-state index < -0.39 is 0 Å². The molecular weight excluding hydrogens is 294 g/mol. The molecule has 0 aromatic rings. The second-order valence-electron chi connectivity index (χ2n) is 9.98. The molecule has 1 unspecified atom stereocenters. The van der Waals surface area contributed by atoms with E-state index in [2.05, 4.69) is 56.2 Å². The fraction of sp³-hybridized carbons (Fsp3) is 1.00. The van der Waals surface area contributed by atoms with E-state index in [9.17, 15) is 0 Å². The summed E-state index contributed by atoms with van der Waals surface area (Å²) < 4.78 is 0. The predicted octanol–water partition coefficient (Wildman–Crippen LogP) is 3.69. The van der Waals surface area contributed by atoms with Crippen LogP contribution in [0.2, 0.25) is 0 Å². The lowest BCUT2D eigenvalue weighted by molar-refractivity contribution is -0.00118. The van der Waals surface area contributed by atoms with E-state index in [1.54, 1.807) is 0 Å². The maximum atomic E-state index is 2.84. The van der Waals surface area contributed by atoms with Gasteiger partial charge in [-0.05, 0) is 112 Å². The minimum atomic E-state index is 0.364. The molecule has 3 rings (SSSR count). The molecule has 3 nitrogen and oxygen atoms in total. The second kappa shape index (κ2) is 6.89. The first-order chi connectivity index (χ1) is 11.2. The van der Waals surface area contributed by atoms with Gasteiger partial charge in [0.25, 0.3) is 0 Å². The van der Waals surface area contributed by atoms with Crippen LogP contribution in [-0.2, 0) is 0 Å². The van der Waals surface area contributed by atoms with Crippen molar-refractivity contribution in [2.24, 2.45) is 11.8 Å². The normalized spacial score (nSPS) is 29.4. The van der Waals surface area contributed by atoms with Crippen LogP contribution in [0.1, 0.15) is 67.2 Å². The quantitative estimate of drug-likeness (QED) is 0.758. The first-order valence-corrected chi connectivity index (χ1v) is 10.5. The maximum absolute atomic E-state index is 2.84. The van der Waals surface area contributed by atoms with Gasteiger partial charge in [0.05, 0.1) is 0 Å². The summed E-state index contributed by atoms with van der Waals surface area (Å²) in [6, 6.07) is 0.711. The zero-order valence-corrected chi connectivity index (χ0v) is 17.1. The third-order valence-corrected chi connectivity index (χ3v) is 7.93. The Balaban J connectivity index is 1.58. The molecule has 0 aliphatic carbocycles. The SMILES string of the molecule is CC(C)N1CCC(C(C)(C)N2CCC(C(C)(C)N3CCC3)C2)CC1. The molecule has 0 N–H and O–H groups in total. The van der Waals surface area contributed by atoms with Crippen LogP contribution in [-0.4, -0.2) is 71.1 Å². The van der Waals surface area contributed by atoms with E-state index in [-0.39, 0.29) is 0 Å². The highest BCUT2D eigenvalue weighted by atomic mass is 15.3. The van der Waals surface area contributed by atoms with Gasteiger partial charge in [0, 0.05) is 23.7 Å². The summed E-state index contributed by atoms with van der Waals surface area (Å²) in [5, 5.41) is 0. The molecule has 1 atom stereocenters. The van der Waals surface area contributed by atoms with Crippen molar-refractivity contribution in [3.05, 3.63) is 0 Å². The lowest BCUT2D eigenvalue weighted by Crippen LogP contribution is -2.57. The molecule has 0 bridgehead atoms. The van der Waals surface area contributed by atoms with Crippen molar-refractivity contribution < 1.29 is 0 Å². The van der Waals surface area contributed by atoms with Crippen molar-refractivity contribution in [2.75, 3.05) is 39.3 Å². The number of hydrogen-bond acceptors (Lipinski definition) is 3. The van der Waals surface area contributed by atoms with E-state index in [0.717, 1.165) is 11.8 Å². The minimum absolute atomic E-state index is 0.364. The molecule has 3 saturated heterocycles. The van der Waals surface area contributed by atoms with Gasteiger partial charge in [-0.1, -0.05) is 0 Å². The van der Waals surface area contributed by atoms with Gasteiger partial charge in [-0.2, -0.15) is 0 Å². The fourth-order valence-corrected chi connectivity index (χ4v) is 5.39. The molecule has 3 aliphatic heterocycles. The highest BCUT2D eigenvalue weighted by Crippen LogP contribution is 2.41. The smallest absolute Gasteiger partial charge is 0.0194 e. The van der Waals surface area contributed by atoms with Crippen molar-refractivity contribution in [2.45, 2.75) is 84.3 Å². The first-order valence-electron chi connectivity index (χ1n) is 10.5. The average Bonchev–Trinajstić information content (AvgIpc) is 2.96. The van der Waals surface area contributed by atoms with Crippen LogP contribution in [0.15, 0.2) is 0 Å². The standard InChI is InChI=1S/C21H41N3/c1-17(2)22-13-8-18(9-14-22)20(3,4)24-15-10-19(16-24)21(5,6)23-11-7-12-23/h17-19H,7-16H2,1-6H3. The molecule has 24 heavy (non-hydrogen) atoms. The van der Waals surface area contributed by atoms with Gasteiger partial charge >= 0.3 is 0 Å². The van der Waals surface area contributed by atoms with Crippen molar-refractivity contribution in [1.82, 2.24) is 14.7 Å². The lowest BCUT2D eigenvalue weighted by atomic mass is 9.78. The second-order valence-corrected chi connectivity index (χ2v) is 9.98.